The van der Waals surface area contributed by atoms with E-state index in [-0.39, 0.29) is 54.9 Å². The van der Waals surface area contributed by atoms with E-state index in [1.165, 1.54) is 6.07 Å². The van der Waals surface area contributed by atoms with Gasteiger partial charge in [-0.25, -0.2) is 8.42 Å². The van der Waals surface area contributed by atoms with Crippen LogP contribution in [-0.4, -0.2) is 66.8 Å². The first-order valence-corrected chi connectivity index (χ1v) is 16.5. The lowest BCUT2D eigenvalue weighted by molar-refractivity contribution is -0.134. The second-order valence-corrected chi connectivity index (χ2v) is 14.2. The maximum absolute atomic E-state index is 13.6. The van der Waals surface area contributed by atoms with Crippen molar-refractivity contribution in [1.29, 1.82) is 0 Å². The molecule has 13 heteroatoms. The Balaban J connectivity index is 1.80. The van der Waals surface area contributed by atoms with Crippen molar-refractivity contribution in [3.8, 4) is 0 Å². The Bertz CT molecular complexity index is 1330. The van der Waals surface area contributed by atoms with Crippen molar-refractivity contribution < 1.29 is 27.6 Å². The molecule has 1 aliphatic rings. The number of rotatable bonds is 12. The number of hydrogen-bond acceptors (Lipinski definition) is 5. The number of nitrogens with two attached hydrogens (primary N) is 2. The molecular weight excluding hydrogens is 553 g/mol. The van der Waals surface area contributed by atoms with E-state index in [9.17, 15) is 27.6 Å². The van der Waals surface area contributed by atoms with E-state index in [0.717, 1.165) is 11.1 Å². The molecule has 1 atom stereocenters. The van der Waals surface area contributed by atoms with Crippen molar-refractivity contribution in [2.75, 3.05) is 25.8 Å². The number of nitrogens with zero attached hydrogens (tertiary/aromatic N) is 2. The fourth-order valence-corrected chi connectivity index (χ4v) is 7.26. The minimum Gasteiger partial charge on any atom is -0.370 e. The van der Waals surface area contributed by atoms with E-state index in [1.807, 2.05) is 50.2 Å². The van der Waals surface area contributed by atoms with Gasteiger partial charge in [-0.15, -0.1) is 0 Å². The Hall–Kier alpha value is -2.76. The molecule has 1 amide bonds. The number of aliphatic imine (C=N–C) groups is 1. The Labute approximate surface area is 236 Å². The van der Waals surface area contributed by atoms with Gasteiger partial charge in [-0.2, -0.15) is 4.72 Å². The van der Waals surface area contributed by atoms with Gasteiger partial charge >= 0.3 is 7.60 Å². The van der Waals surface area contributed by atoms with Gasteiger partial charge in [0, 0.05) is 25.0 Å². The smallest absolute Gasteiger partial charge is 0.325 e. The van der Waals surface area contributed by atoms with Gasteiger partial charge in [0.15, 0.2) is 5.96 Å². The molecule has 0 unspecified atom stereocenters. The molecule has 7 N–H and O–H groups in total. The van der Waals surface area contributed by atoms with Crippen molar-refractivity contribution >= 4 is 29.5 Å². The summed E-state index contributed by atoms with van der Waals surface area (Å²) in [5.74, 6) is -0.672. The zero-order chi connectivity index (χ0) is 29.6. The van der Waals surface area contributed by atoms with Crippen LogP contribution < -0.4 is 16.2 Å². The van der Waals surface area contributed by atoms with Crippen molar-refractivity contribution in [1.82, 2.24) is 9.62 Å². The standard InChI is InChI=1S/C27H40N5O6PS/c1-27(2,21-8-4-3-5-9-21)22-10-6-11-23(18-22)40(37,38)31-24(12-7-15-30-26(28)29)25(33)32-16-13-20(14-17-32)19-39(34,35)36/h3-6,8-11,18,20,24,31H,7,12-17,19H2,1-2H3,(H4,28,29,30)(H2,34,35,36)/t24-/m0/s1. The summed E-state index contributed by atoms with van der Waals surface area (Å²) in [6, 6.07) is 15.4. The van der Waals surface area contributed by atoms with E-state index < -0.39 is 29.1 Å². The Morgan fingerprint density at radius 2 is 1.73 bits per heavy atom. The molecule has 11 nitrogen and oxygen atoms in total. The molecule has 0 saturated carbocycles. The summed E-state index contributed by atoms with van der Waals surface area (Å²) in [4.78, 5) is 37.6. The van der Waals surface area contributed by atoms with Crippen LogP contribution >= 0.6 is 7.60 Å². The number of guanidine groups is 1. The summed E-state index contributed by atoms with van der Waals surface area (Å²) < 4.78 is 41.1. The molecule has 40 heavy (non-hydrogen) atoms. The van der Waals surface area contributed by atoms with Crippen LogP contribution in [0.2, 0.25) is 0 Å². The average molecular weight is 594 g/mol. The van der Waals surface area contributed by atoms with Crippen LogP contribution in [0.15, 0.2) is 64.5 Å². The minimum atomic E-state index is -4.15. The highest BCUT2D eigenvalue weighted by atomic mass is 32.2. The van der Waals surface area contributed by atoms with Crippen LogP contribution in [-0.2, 0) is 24.8 Å². The summed E-state index contributed by atoms with van der Waals surface area (Å²) in [5.41, 5.74) is 12.2. The van der Waals surface area contributed by atoms with E-state index >= 15 is 0 Å². The highest BCUT2D eigenvalue weighted by Gasteiger charge is 2.33. The van der Waals surface area contributed by atoms with E-state index in [0.29, 0.717) is 19.3 Å². The Morgan fingerprint density at radius 1 is 1.10 bits per heavy atom. The molecule has 3 rings (SSSR count). The molecule has 0 spiro atoms. The summed E-state index contributed by atoms with van der Waals surface area (Å²) in [5, 5.41) is 0. The maximum Gasteiger partial charge on any atom is 0.325 e. The molecule has 1 heterocycles. The SMILES string of the molecule is CC(C)(c1ccccc1)c1cccc(S(=O)(=O)N[C@@H](CCCN=C(N)N)C(=O)N2CCC(CP(=O)(O)O)CC2)c1. The predicted octanol–water partition coefficient (Wildman–Crippen LogP) is 2.13. The first-order chi connectivity index (χ1) is 18.7. The molecule has 220 valence electrons. The molecule has 0 radical (unpaired) electrons. The zero-order valence-electron chi connectivity index (χ0n) is 22.9. The number of hydrogen-bond donors (Lipinski definition) is 5. The zero-order valence-corrected chi connectivity index (χ0v) is 24.7. The maximum atomic E-state index is 13.6. The monoisotopic (exact) mass is 593 g/mol. The topological polar surface area (TPSA) is 188 Å². The number of piperidine rings is 1. The molecule has 2 aromatic carbocycles. The molecule has 0 bridgehead atoms. The molecular formula is C27H40N5O6PS. The summed E-state index contributed by atoms with van der Waals surface area (Å²) in [6.07, 6.45) is 1.18. The number of likely N-dealkylation sites (tertiary alicyclic amines) is 1. The summed E-state index contributed by atoms with van der Waals surface area (Å²) >= 11 is 0. The molecule has 1 saturated heterocycles. The van der Waals surface area contributed by atoms with Gasteiger partial charge in [-0.3, -0.25) is 14.4 Å². The second-order valence-electron chi connectivity index (χ2n) is 10.8. The first-order valence-electron chi connectivity index (χ1n) is 13.3. The number of nitrogens with one attached hydrogen (secondary N) is 1. The molecule has 0 aromatic heterocycles. The van der Waals surface area contributed by atoms with Gasteiger partial charge < -0.3 is 26.2 Å². The predicted molar refractivity (Wildman–Crippen MR) is 155 cm³/mol. The fourth-order valence-electron chi connectivity index (χ4n) is 4.96. The highest BCUT2D eigenvalue weighted by Crippen LogP contribution is 2.39. The van der Waals surface area contributed by atoms with Gasteiger partial charge in [0.05, 0.1) is 11.1 Å². The third-order valence-electron chi connectivity index (χ3n) is 7.32. The Kier molecular flexibility index (Phi) is 10.5. The van der Waals surface area contributed by atoms with Crippen LogP contribution in [0.1, 0.15) is 50.7 Å². The first kappa shape index (κ1) is 31.8. The lowest BCUT2D eigenvalue weighted by Gasteiger charge is -2.34. The number of sulfonamides is 1. The lowest BCUT2D eigenvalue weighted by atomic mass is 9.78. The van der Waals surface area contributed by atoms with Crippen LogP contribution in [0.25, 0.3) is 0 Å². The van der Waals surface area contributed by atoms with Gasteiger partial charge in [0.25, 0.3) is 0 Å². The van der Waals surface area contributed by atoms with Gasteiger partial charge in [-0.05, 0) is 54.9 Å². The largest absolute Gasteiger partial charge is 0.370 e. The van der Waals surface area contributed by atoms with Crippen molar-refractivity contribution in [2.24, 2.45) is 22.4 Å². The number of carbonyl (C=O) groups is 1. The highest BCUT2D eigenvalue weighted by molar-refractivity contribution is 7.89. The summed E-state index contributed by atoms with van der Waals surface area (Å²) in [7, 11) is -8.23. The van der Waals surface area contributed by atoms with Crippen LogP contribution in [0, 0.1) is 5.92 Å². The molecule has 1 aliphatic heterocycles. The van der Waals surface area contributed by atoms with E-state index in [4.69, 9.17) is 11.5 Å². The molecule has 1 fully saturated rings. The minimum absolute atomic E-state index is 0.0522. The van der Waals surface area contributed by atoms with E-state index in [1.54, 1.807) is 17.0 Å². The number of benzene rings is 2. The van der Waals surface area contributed by atoms with Crippen LogP contribution in [0.4, 0.5) is 0 Å². The quantitative estimate of drug-likeness (QED) is 0.107. The van der Waals surface area contributed by atoms with Gasteiger partial charge in [0.2, 0.25) is 15.9 Å². The number of carbonyl (C=O) groups excluding carboxylic acids is 1. The third kappa shape index (κ3) is 8.87. The van der Waals surface area contributed by atoms with Crippen molar-refractivity contribution in [3.05, 3.63) is 65.7 Å². The van der Waals surface area contributed by atoms with E-state index in [2.05, 4.69) is 9.71 Å². The van der Waals surface area contributed by atoms with Crippen molar-refractivity contribution in [3.63, 3.8) is 0 Å². The second kappa shape index (κ2) is 13.3. The Morgan fingerprint density at radius 3 is 2.33 bits per heavy atom. The van der Waals surface area contributed by atoms with Crippen LogP contribution in [0.3, 0.4) is 0 Å². The van der Waals surface area contributed by atoms with Crippen molar-refractivity contribution in [2.45, 2.75) is 55.9 Å². The number of amides is 1. The third-order valence-corrected chi connectivity index (χ3v) is 9.79. The molecule has 2 aromatic rings. The van der Waals surface area contributed by atoms with Crippen LogP contribution in [0.5, 0.6) is 0 Å². The average Bonchev–Trinajstić information content (AvgIpc) is 2.90. The fraction of sp³-hybridized carbons (Fsp3) is 0.481. The normalized spacial score (nSPS) is 15.9. The summed E-state index contributed by atoms with van der Waals surface area (Å²) in [6.45, 7) is 4.85. The lowest BCUT2D eigenvalue weighted by Crippen LogP contribution is -2.51. The van der Waals surface area contributed by atoms with Gasteiger partial charge in [-0.1, -0.05) is 56.3 Å². The molecule has 0 aliphatic carbocycles. The van der Waals surface area contributed by atoms with Gasteiger partial charge in [0.1, 0.15) is 6.04 Å².